The fraction of sp³-hybridized carbons (Fsp3) is 0.562. The van der Waals surface area contributed by atoms with E-state index in [1.54, 1.807) is 0 Å². The molecule has 0 saturated heterocycles. The first-order chi connectivity index (χ1) is 10.3. The van der Waals surface area contributed by atoms with Crippen LogP contribution in [0.4, 0.5) is 13.2 Å². The molecule has 6 heteroatoms. The lowest BCUT2D eigenvalue weighted by molar-refractivity contribution is -0.137. The summed E-state index contributed by atoms with van der Waals surface area (Å²) in [5.41, 5.74) is -0.504. The molecule has 0 bridgehead atoms. The molecule has 2 rings (SSSR count). The molecule has 3 nitrogen and oxygen atoms in total. The number of nitrogens with one attached hydrogen (secondary N) is 1. The van der Waals surface area contributed by atoms with Gasteiger partial charge < -0.3 is 10.4 Å². The summed E-state index contributed by atoms with van der Waals surface area (Å²) in [6, 6.07) is 4.85. The van der Waals surface area contributed by atoms with Gasteiger partial charge in [-0.3, -0.25) is 4.79 Å². The molecular weight excluding hydrogens is 295 g/mol. The van der Waals surface area contributed by atoms with Crippen LogP contribution in [0.25, 0.3) is 0 Å². The van der Waals surface area contributed by atoms with Crippen LogP contribution in [0.5, 0.6) is 0 Å². The minimum Gasteiger partial charge on any atom is -0.394 e. The van der Waals surface area contributed by atoms with Crippen LogP contribution in [0, 0.1) is 0 Å². The van der Waals surface area contributed by atoms with E-state index in [0.29, 0.717) is 12.0 Å². The lowest BCUT2D eigenvalue weighted by Crippen LogP contribution is -2.49. The molecule has 1 aliphatic carbocycles. The minimum absolute atomic E-state index is 0.0704. The van der Waals surface area contributed by atoms with Crippen LogP contribution in [0.1, 0.15) is 43.2 Å². The highest BCUT2D eigenvalue weighted by molar-refractivity contribution is 5.77. The molecule has 0 atom stereocenters. The van der Waals surface area contributed by atoms with Gasteiger partial charge >= 0.3 is 6.18 Å². The lowest BCUT2D eigenvalue weighted by atomic mass is 9.98. The molecule has 0 spiro atoms. The van der Waals surface area contributed by atoms with Gasteiger partial charge in [0, 0.05) is 6.42 Å². The van der Waals surface area contributed by atoms with E-state index in [0.717, 1.165) is 37.8 Å². The Morgan fingerprint density at radius 2 is 1.77 bits per heavy atom. The van der Waals surface area contributed by atoms with Gasteiger partial charge in [0.25, 0.3) is 0 Å². The Hall–Kier alpha value is -1.56. The zero-order chi connectivity index (χ0) is 16.2. The number of aryl methyl sites for hydroxylation is 1. The van der Waals surface area contributed by atoms with Crippen molar-refractivity contribution < 1.29 is 23.1 Å². The Kier molecular flexibility index (Phi) is 5.11. The zero-order valence-corrected chi connectivity index (χ0v) is 12.2. The molecule has 0 aliphatic heterocycles. The van der Waals surface area contributed by atoms with Gasteiger partial charge in [-0.05, 0) is 37.0 Å². The predicted octanol–water partition coefficient (Wildman–Crippen LogP) is 3.06. The topological polar surface area (TPSA) is 49.3 Å². The third kappa shape index (κ3) is 4.22. The number of benzene rings is 1. The largest absolute Gasteiger partial charge is 0.416 e. The number of carbonyl (C=O) groups excluding carboxylic acids is 1. The van der Waals surface area contributed by atoms with Gasteiger partial charge in [-0.25, -0.2) is 0 Å². The van der Waals surface area contributed by atoms with Gasteiger partial charge in [0.1, 0.15) is 0 Å². The molecule has 1 amide bonds. The average Bonchev–Trinajstić information content (AvgIpc) is 2.94. The van der Waals surface area contributed by atoms with E-state index in [2.05, 4.69) is 5.32 Å². The molecule has 1 aromatic carbocycles. The third-order valence-corrected chi connectivity index (χ3v) is 4.19. The molecule has 1 fully saturated rings. The smallest absolute Gasteiger partial charge is 0.394 e. The summed E-state index contributed by atoms with van der Waals surface area (Å²) >= 11 is 0. The maximum atomic E-state index is 12.5. The number of hydrogen-bond acceptors (Lipinski definition) is 2. The second-order valence-electron chi connectivity index (χ2n) is 5.89. The number of amides is 1. The van der Waals surface area contributed by atoms with Crippen LogP contribution >= 0.6 is 0 Å². The molecule has 1 saturated carbocycles. The maximum Gasteiger partial charge on any atom is 0.416 e. The fourth-order valence-electron chi connectivity index (χ4n) is 2.85. The SMILES string of the molecule is O=C(CCc1ccc(C(F)(F)F)cc1)NC1(CO)CCCC1. The van der Waals surface area contributed by atoms with Gasteiger partial charge in [-0.2, -0.15) is 13.2 Å². The van der Waals surface area contributed by atoms with Gasteiger partial charge in [0.05, 0.1) is 17.7 Å². The summed E-state index contributed by atoms with van der Waals surface area (Å²) in [6.07, 6.45) is -0.241. The summed E-state index contributed by atoms with van der Waals surface area (Å²) in [6.45, 7) is -0.0704. The van der Waals surface area contributed by atoms with Crippen molar-refractivity contribution in [2.75, 3.05) is 6.61 Å². The molecule has 0 aromatic heterocycles. The van der Waals surface area contributed by atoms with Crippen LogP contribution in [0.3, 0.4) is 0 Å². The van der Waals surface area contributed by atoms with E-state index in [9.17, 15) is 23.1 Å². The number of hydrogen-bond donors (Lipinski definition) is 2. The van der Waals surface area contributed by atoms with Crippen molar-refractivity contribution in [1.29, 1.82) is 0 Å². The number of halogens is 3. The van der Waals surface area contributed by atoms with Crippen molar-refractivity contribution in [3.05, 3.63) is 35.4 Å². The first-order valence-electron chi connectivity index (χ1n) is 7.43. The molecule has 1 aromatic rings. The Balaban J connectivity index is 1.86. The second kappa shape index (κ2) is 6.69. The van der Waals surface area contributed by atoms with Crippen molar-refractivity contribution in [3.63, 3.8) is 0 Å². The lowest BCUT2D eigenvalue weighted by Gasteiger charge is -2.28. The summed E-state index contributed by atoms with van der Waals surface area (Å²) in [7, 11) is 0. The number of aliphatic hydroxyl groups is 1. The van der Waals surface area contributed by atoms with Crippen molar-refractivity contribution in [3.8, 4) is 0 Å². The van der Waals surface area contributed by atoms with Gasteiger partial charge in [0.15, 0.2) is 0 Å². The van der Waals surface area contributed by atoms with Crippen LogP contribution in [-0.4, -0.2) is 23.2 Å². The highest BCUT2D eigenvalue weighted by atomic mass is 19.4. The molecule has 0 radical (unpaired) electrons. The van der Waals surface area contributed by atoms with E-state index < -0.39 is 17.3 Å². The van der Waals surface area contributed by atoms with Gasteiger partial charge in [-0.1, -0.05) is 25.0 Å². The Labute approximate surface area is 127 Å². The monoisotopic (exact) mass is 315 g/mol. The molecule has 1 aliphatic rings. The number of aliphatic hydroxyl groups excluding tert-OH is 1. The zero-order valence-electron chi connectivity index (χ0n) is 12.2. The van der Waals surface area contributed by atoms with E-state index in [-0.39, 0.29) is 18.9 Å². The van der Waals surface area contributed by atoms with Crippen LogP contribution < -0.4 is 5.32 Å². The number of alkyl halides is 3. The highest BCUT2D eigenvalue weighted by Crippen LogP contribution is 2.30. The summed E-state index contributed by atoms with van der Waals surface area (Å²) in [5, 5.41) is 12.3. The molecule has 22 heavy (non-hydrogen) atoms. The average molecular weight is 315 g/mol. The minimum atomic E-state index is -4.34. The first-order valence-corrected chi connectivity index (χ1v) is 7.43. The standard InChI is InChI=1S/C16H20F3NO2/c17-16(18,19)13-6-3-12(4-7-13)5-8-14(22)20-15(11-21)9-1-2-10-15/h3-4,6-7,21H,1-2,5,8-11H2,(H,20,22). The van der Waals surface area contributed by atoms with E-state index in [1.807, 2.05) is 0 Å². The fourth-order valence-corrected chi connectivity index (χ4v) is 2.85. The third-order valence-electron chi connectivity index (χ3n) is 4.19. The van der Waals surface area contributed by atoms with Gasteiger partial charge in [0.2, 0.25) is 5.91 Å². The van der Waals surface area contributed by atoms with Crippen molar-refractivity contribution >= 4 is 5.91 Å². The maximum absolute atomic E-state index is 12.5. The molecule has 2 N–H and O–H groups in total. The van der Waals surface area contributed by atoms with E-state index >= 15 is 0 Å². The molecule has 122 valence electrons. The molecular formula is C16H20F3NO2. The van der Waals surface area contributed by atoms with E-state index in [1.165, 1.54) is 12.1 Å². The molecule has 0 heterocycles. The quantitative estimate of drug-likeness (QED) is 0.877. The number of rotatable bonds is 5. The van der Waals surface area contributed by atoms with Crippen LogP contribution in [0.2, 0.25) is 0 Å². The Morgan fingerprint density at radius 1 is 1.18 bits per heavy atom. The summed E-state index contributed by atoms with van der Waals surface area (Å²) in [5.74, 6) is -0.171. The van der Waals surface area contributed by atoms with Crippen molar-refractivity contribution in [1.82, 2.24) is 5.32 Å². The van der Waals surface area contributed by atoms with Crippen LogP contribution in [-0.2, 0) is 17.4 Å². The highest BCUT2D eigenvalue weighted by Gasteiger charge is 2.34. The first kappa shape index (κ1) is 16.8. The van der Waals surface area contributed by atoms with Crippen LogP contribution in [0.15, 0.2) is 24.3 Å². The normalized spacial score (nSPS) is 17.5. The van der Waals surface area contributed by atoms with Gasteiger partial charge in [-0.15, -0.1) is 0 Å². The second-order valence-corrected chi connectivity index (χ2v) is 5.89. The van der Waals surface area contributed by atoms with E-state index in [4.69, 9.17) is 0 Å². The molecule has 0 unspecified atom stereocenters. The summed E-state index contributed by atoms with van der Waals surface area (Å²) in [4.78, 5) is 12.0. The van der Waals surface area contributed by atoms with Crippen molar-refractivity contribution in [2.24, 2.45) is 0 Å². The van der Waals surface area contributed by atoms with Crippen molar-refractivity contribution in [2.45, 2.75) is 50.2 Å². The Bertz CT molecular complexity index is 505. The summed E-state index contributed by atoms with van der Waals surface area (Å²) < 4.78 is 37.4. The number of carbonyl (C=O) groups is 1. The predicted molar refractivity (Wildman–Crippen MR) is 76.2 cm³/mol. The Morgan fingerprint density at radius 3 is 2.27 bits per heavy atom.